The lowest BCUT2D eigenvalue weighted by Crippen LogP contribution is -2.54. The Bertz CT molecular complexity index is 668. The summed E-state index contributed by atoms with van der Waals surface area (Å²) in [5.74, 6) is 2.71. The third-order valence-electron chi connectivity index (χ3n) is 6.69. The monoisotopic (exact) mass is 355 g/mol. The molecule has 0 aromatic carbocycles. The smallest absolute Gasteiger partial charge is 0.226 e. The van der Waals surface area contributed by atoms with Crippen LogP contribution in [0.2, 0.25) is 0 Å². The number of thiophene rings is 1. The number of carbonyl (C=O) groups is 1. The van der Waals surface area contributed by atoms with Crippen LogP contribution in [0.4, 0.5) is 0 Å². The molecular formula is C20H25N3OS. The van der Waals surface area contributed by atoms with Crippen molar-refractivity contribution in [3.8, 4) is 0 Å². The first-order valence-corrected chi connectivity index (χ1v) is 10.4. The van der Waals surface area contributed by atoms with Gasteiger partial charge in [0.15, 0.2) is 0 Å². The van der Waals surface area contributed by atoms with Gasteiger partial charge in [0.05, 0.1) is 0 Å². The Kier molecular flexibility index (Phi) is 3.73. The van der Waals surface area contributed by atoms with Gasteiger partial charge in [0.2, 0.25) is 5.91 Å². The molecule has 2 aromatic heterocycles. The minimum Gasteiger partial charge on any atom is -0.353 e. The Morgan fingerprint density at radius 3 is 2.52 bits per heavy atom. The Morgan fingerprint density at radius 1 is 1.24 bits per heavy atom. The Balaban J connectivity index is 1.32. The fourth-order valence-corrected chi connectivity index (χ4v) is 6.86. The molecule has 2 aromatic rings. The lowest BCUT2D eigenvalue weighted by molar-refractivity contribution is -0.146. The van der Waals surface area contributed by atoms with Crippen molar-refractivity contribution in [2.24, 2.45) is 23.2 Å². The lowest BCUT2D eigenvalue weighted by Gasteiger charge is -2.55. The van der Waals surface area contributed by atoms with E-state index in [-0.39, 0.29) is 11.5 Å². The van der Waals surface area contributed by atoms with Crippen LogP contribution in [-0.2, 0) is 4.79 Å². The largest absolute Gasteiger partial charge is 0.353 e. The molecule has 132 valence electrons. The molecule has 0 aliphatic heterocycles. The standard InChI is InChI=1S/C20H25N3OS/c24-19(20-10-14-7-15(11-20)9-16(8-14)12-20)21-13-17(18-3-1-6-25-18)23-5-2-4-22-23/h1-6,14-17H,7-13H2,(H,21,24). The van der Waals surface area contributed by atoms with Gasteiger partial charge in [-0.05, 0) is 73.8 Å². The van der Waals surface area contributed by atoms with Crippen LogP contribution < -0.4 is 5.32 Å². The molecule has 4 aliphatic rings. The quantitative estimate of drug-likeness (QED) is 0.885. The van der Waals surface area contributed by atoms with E-state index in [4.69, 9.17) is 0 Å². The number of carbonyl (C=O) groups excluding carboxylic acids is 1. The summed E-state index contributed by atoms with van der Waals surface area (Å²) < 4.78 is 1.96. The summed E-state index contributed by atoms with van der Waals surface area (Å²) in [7, 11) is 0. The summed E-state index contributed by atoms with van der Waals surface area (Å²) in [6, 6.07) is 6.24. The molecule has 0 saturated heterocycles. The molecule has 0 radical (unpaired) electrons. The number of nitrogens with one attached hydrogen (secondary N) is 1. The highest BCUT2D eigenvalue weighted by Gasteiger charge is 2.54. The maximum Gasteiger partial charge on any atom is 0.226 e. The number of rotatable bonds is 5. The van der Waals surface area contributed by atoms with Gasteiger partial charge in [-0.3, -0.25) is 9.48 Å². The summed E-state index contributed by atoms with van der Waals surface area (Å²) >= 11 is 1.73. The van der Waals surface area contributed by atoms with Crippen LogP contribution in [-0.4, -0.2) is 22.2 Å². The predicted octanol–water partition coefficient (Wildman–Crippen LogP) is 3.87. The second kappa shape index (κ2) is 5.97. The minimum atomic E-state index is -0.0706. The van der Waals surface area contributed by atoms with Gasteiger partial charge in [0, 0.05) is 29.2 Å². The number of hydrogen-bond donors (Lipinski definition) is 1. The molecule has 4 fully saturated rings. The van der Waals surface area contributed by atoms with Crippen molar-refractivity contribution in [2.45, 2.75) is 44.6 Å². The van der Waals surface area contributed by atoms with Crippen LogP contribution in [0.25, 0.3) is 0 Å². The SMILES string of the molecule is O=C(NCC(c1cccs1)n1cccn1)C12CC3CC(CC(C3)C1)C2. The Labute approximate surface area is 152 Å². The summed E-state index contributed by atoms with van der Waals surface area (Å²) in [5, 5.41) is 9.83. The average molecular weight is 356 g/mol. The summed E-state index contributed by atoms with van der Waals surface area (Å²) in [6.45, 7) is 0.628. The van der Waals surface area contributed by atoms with Gasteiger partial charge in [-0.1, -0.05) is 6.07 Å². The average Bonchev–Trinajstić information content (AvgIpc) is 3.28. The summed E-state index contributed by atoms with van der Waals surface area (Å²) in [6.07, 6.45) is 11.3. The molecule has 1 N–H and O–H groups in total. The van der Waals surface area contributed by atoms with Gasteiger partial charge < -0.3 is 5.32 Å². The van der Waals surface area contributed by atoms with Crippen LogP contribution >= 0.6 is 11.3 Å². The van der Waals surface area contributed by atoms with Gasteiger partial charge in [0.25, 0.3) is 0 Å². The van der Waals surface area contributed by atoms with E-state index in [2.05, 4.69) is 27.9 Å². The fraction of sp³-hybridized carbons (Fsp3) is 0.600. The Morgan fingerprint density at radius 2 is 1.96 bits per heavy atom. The van der Waals surface area contributed by atoms with Gasteiger partial charge >= 0.3 is 0 Å². The van der Waals surface area contributed by atoms with Crippen LogP contribution in [0.15, 0.2) is 36.0 Å². The van der Waals surface area contributed by atoms with E-state index in [1.165, 1.54) is 24.1 Å². The topological polar surface area (TPSA) is 46.9 Å². The van der Waals surface area contributed by atoms with Gasteiger partial charge in [0.1, 0.15) is 6.04 Å². The van der Waals surface area contributed by atoms with Gasteiger partial charge in [-0.2, -0.15) is 5.10 Å². The van der Waals surface area contributed by atoms with E-state index in [0.717, 1.165) is 37.0 Å². The number of hydrogen-bond acceptors (Lipinski definition) is 3. The van der Waals surface area contributed by atoms with Gasteiger partial charge in [-0.25, -0.2) is 0 Å². The van der Waals surface area contributed by atoms with E-state index in [1.807, 2.05) is 23.1 Å². The molecular weight excluding hydrogens is 330 g/mol. The zero-order valence-electron chi connectivity index (χ0n) is 14.4. The highest BCUT2D eigenvalue weighted by Crippen LogP contribution is 2.60. The molecule has 4 saturated carbocycles. The minimum absolute atomic E-state index is 0.0706. The summed E-state index contributed by atoms with van der Waals surface area (Å²) in [5.41, 5.74) is -0.0706. The summed E-state index contributed by atoms with van der Waals surface area (Å²) in [4.78, 5) is 14.4. The highest BCUT2D eigenvalue weighted by atomic mass is 32.1. The zero-order valence-corrected chi connectivity index (χ0v) is 15.3. The molecule has 2 heterocycles. The molecule has 1 unspecified atom stereocenters. The maximum atomic E-state index is 13.2. The van der Waals surface area contributed by atoms with Crippen molar-refractivity contribution in [1.29, 1.82) is 0 Å². The normalized spacial score (nSPS) is 34.2. The molecule has 6 rings (SSSR count). The predicted molar refractivity (Wildman–Crippen MR) is 98.3 cm³/mol. The van der Waals surface area contributed by atoms with E-state index < -0.39 is 0 Å². The van der Waals surface area contributed by atoms with E-state index in [0.29, 0.717) is 12.5 Å². The maximum absolute atomic E-state index is 13.2. The Hall–Kier alpha value is -1.62. The highest BCUT2D eigenvalue weighted by molar-refractivity contribution is 7.10. The van der Waals surface area contributed by atoms with Crippen LogP contribution in [0.1, 0.15) is 49.4 Å². The first-order chi connectivity index (χ1) is 12.2. The molecule has 4 aliphatic carbocycles. The number of nitrogens with zero attached hydrogens (tertiary/aromatic N) is 2. The zero-order chi connectivity index (χ0) is 16.9. The fourth-order valence-electron chi connectivity index (χ4n) is 6.04. The first kappa shape index (κ1) is 15.6. The van der Waals surface area contributed by atoms with Crippen molar-refractivity contribution < 1.29 is 4.79 Å². The van der Waals surface area contributed by atoms with E-state index >= 15 is 0 Å². The molecule has 1 atom stereocenters. The van der Waals surface area contributed by atoms with Crippen molar-refractivity contribution in [1.82, 2.24) is 15.1 Å². The third kappa shape index (κ3) is 2.73. The van der Waals surface area contributed by atoms with Crippen molar-refractivity contribution >= 4 is 17.2 Å². The molecule has 0 spiro atoms. The second-order valence-electron chi connectivity index (χ2n) is 8.43. The molecule has 4 nitrogen and oxygen atoms in total. The molecule has 4 bridgehead atoms. The van der Waals surface area contributed by atoms with E-state index in [1.54, 1.807) is 11.3 Å². The van der Waals surface area contributed by atoms with Crippen molar-refractivity contribution in [2.75, 3.05) is 6.54 Å². The van der Waals surface area contributed by atoms with Crippen molar-refractivity contribution in [3.63, 3.8) is 0 Å². The molecule has 25 heavy (non-hydrogen) atoms. The van der Waals surface area contributed by atoms with Gasteiger partial charge in [-0.15, -0.1) is 11.3 Å². The van der Waals surface area contributed by atoms with Crippen LogP contribution in [0.5, 0.6) is 0 Å². The van der Waals surface area contributed by atoms with E-state index in [9.17, 15) is 4.79 Å². The molecule has 5 heteroatoms. The van der Waals surface area contributed by atoms with Crippen LogP contribution in [0, 0.1) is 23.2 Å². The first-order valence-electron chi connectivity index (χ1n) is 9.53. The lowest BCUT2D eigenvalue weighted by atomic mass is 9.49. The van der Waals surface area contributed by atoms with Crippen molar-refractivity contribution in [3.05, 3.63) is 40.8 Å². The van der Waals surface area contributed by atoms with Crippen LogP contribution in [0.3, 0.4) is 0 Å². The third-order valence-corrected chi connectivity index (χ3v) is 7.67. The number of amides is 1. The molecule has 1 amide bonds. The second-order valence-corrected chi connectivity index (χ2v) is 9.40. The number of aromatic nitrogens is 2.